The maximum Gasteiger partial charge on any atom is 0.319 e. The van der Waals surface area contributed by atoms with Crippen molar-refractivity contribution in [2.24, 2.45) is 0 Å². The van der Waals surface area contributed by atoms with Crippen LogP contribution in [0.25, 0.3) is 0 Å². The molecule has 0 unspecified atom stereocenters. The second kappa shape index (κ2) is 8.14. The van der Waals surface area contributed by atoms with Gasteiger partial charge in [-0.2, -0.15) is 0 Å². The number of rotatable bonds is 6. The van der Waals surface area contributed by atoms with Crippen LogP contribution in [0, 0.1) is 6.92 Å². The molecule has 0 heterocycles. The van der Waals surface area contributed by atoms with Gasteiger partial charge in [-0.1, -0.05) is 48.2 Å². The smallest absolute Gasteiger partial charge is 0.319 e. The maximum absolute atomic E-state index is 11.7. The van der Waals surface area contributed by atoms with Gasteiger partial charge >= 0.3 is 6.03 Å². The number of anilines is 1. The van der Waals surface area contributed by atoms with E-state index in [1.54, 1.807) is 0 Å². The van der Waals surface area contributed by atoms with Crippen LogP contribution in [0.4, 0.5) is 10.5 Å². The molecule has 0 aliphatic heterocycles. The number of nitrogens with one attached hydrogen (secondary N) is 2. The quantitative estimate of drug-likeness (QED) is 0.748. The van der Waals surface area contributed by atoms with Crippen molar-refractivity contribution in [2.75, 3.05) is 11.9 Å². The third-order valence-electron chi connectivity index (χ3n) is 2.76. The van der Waals surface area contributed by atoms with E-state index < -0.39 is 0 Å². The van der Waals surface area contributed by atoms with E-state index in [0.29, 0.717) is 0 Å². The summed E-state index contributed by atoms with van der Waals surface area (Å²) in [6, 6.07) is 5.71. The highest BCUT2D eigenvalue weighted by Crippen LogP contribution is 2.20. The van der Waals surface area contributed by atoms with Crippen LogP contribution in [0.5, 0.6) is 0 Å². The summed E-state index contributed by atoms with van der Waals surface area (Å²) in [6.07, 6.45) is 4.66. The molecule has 0 aliphatic rings. The number of hydrogen-bond acceptors (Lipinski definition) is 1. The van der Waals surface area contributed by atoms with Crippen LogP contribution in [0.2, 0.25) is 0 Å². The fraction of sp³-hybridized carbons (Fsp3) is 0.500. The van der Waals surface area contributed by atoms with E-state index in [1.165, 1.54) is 19.3 Å². The lowest BCUT2D eigenvalue weighted by atomic mass is 10.2. The second-order valence-electron chi connectivity index (χ2n) is 4.40. The van der Waals surface area contributed by atoms with Gasteiger partial charge in [0, 0.05) is 16.7 Å². The Morgan fingerprint density at radius 2 is 2.06 bits per heavy atom. The standard InChI is InChI=1S/C14H21BrN2O/c1-3-4-5-6-9-16-14(18)17-13-10-12(15)8-7-11(13)2/h7-8,10H,3-6,9H2,1-2H3,(H2,16,17,18). The first kappa shape index (κ1) is 15.0. The summed E-state index contributed by atoms with van der Waals surface area (Å²) in [5.41, 5.74) is 1.90. The van der Waals surface area contributed by atoms with Crippen molar-refractivity contribution < 1.29 is 4.79 Å². The van der Waals surface area contributed by atoms with Crippen LogP contribution >= 0.6 is 15.9 Å². The van der Waals surface area contributed by atoms with Gasteiger partial charge in [0.05, 0.1) is 0 Å². The van der Waals surface area contributed by atoms with E-state index in [0.717, 1.165) is 28.7 Å². The Morgan fingerprint density at radius 1 is 1.28 bits per heavy atom. The van der Waals surface area contributed by atoms with E-state index in [1.807, 2.05) is 25.1 Å². The van der Waals surface area contributed by atoms with Gasteiger partial charge in [-0.25, -0.2) is 4.79 Å². The van der Waals surface area contributed by atoms with Crippen LogP contribution in [0.3, 0.4) is 0 Å². The molecule has 0 bridgehead atoms. The lowest BCUT2D eigenvalue weighted by molar-refractivity contribution is 0.252. The summed E-state index contributed by atoms with van der Waals surface area (Å²) in [6.45, 7) is 4.89. The zero-order chi connectivity index (χ0) is 13.4. The van der Waals surface area contributed by atoms with Gasteiger partial charge in [0.1, 0.15) is 0 Å². The Hall–Kier alpha value is -1.03. The van der Waals surface area contributed by atoms with E-state index in [-0.39, 0.29) is 6.03 Å². The molecule has 0 aromatic heterocycles. The molecular weight excluding hydrogens is 292 g/mol. The monoisotopic (exact) mass is 312 g/mol. The second-order valence-corrected chi connectivity index (χ2v) is 5.32. The van der Waals surface area contributed by atoms with E-state index >= 15 is 0 Å². The molecule has 0 fully saturated rings. The Kier molecular flexibility index (Phi) is 6.80. The predicted octanol–water partition coefficient (Wildman–Crippen LogP) is 4.46. The number of hydrogen-bond donors (Lipinski definition) is 2. The van der Waals surface area contributed by atoms with Crippen molar-refractivity contribution in [3.8, 4) is 0 Å². The first-order valence-electron chi connectivity index (χ1n) is 6.44. The van der Waals surface area contributed by atoms with E-state index in [4.69, 9.17) is 0 Å². The van der Waals surface area contributed by atoms with Crippen molar-refractivity contribution >= 4 is 27.6 Å². The average Bonchev–Trinajstić information content (AvgIpc) is 2.33. The minimum Gasteiger partial charge on any atom is -0.338 e. The number of aryl methyl sites for hydroxylation is 1. The number of benzene rings is 1. The summed E-state index contributed by atoms with van der Waals surface area (Å²) in [5.74, 6) is 0. The molecule has 0 spiro atoms. The Balaban J connectivity index is 2.33. The lowest BCUT2D eigenvalue weighted by Gasteiger charge is -2.10. The summed E-state index contributed by atoms with van der Waals surface area (Å²) in [7, 11) is 0. The maximum atomic E-state index is 11.7. The van der Waals surface area contributed by atoms with Crippen LogP contribution in [0.15, 0.2) is 22.7 Å². The van der Waals surface area contributed by atoms with Crippen LogP contribution in [-0.4, -0.2) is 12.6 Å². The summed E-state index contributed by atoms with van der Waals surface area (Å²) in [4.78, 5) is 11.7. The molecule has 0 aliphatic carbocycles. The third-order valence-corrected chi connectivity index (χ3v) is 3.26. The molecule has 2 amide bonds. The van der Waals surface area contributed by atoms with Crippen LogP contribution < -0.4 is 10.6 Å². The van der Waals surface area contributed by atoms with Crippen LogP contribution in [-0.2, 0) is 0 Å². The molecule has 1 aromatic carbocycles. The van der Waals surface area contributed by atoms with Gasteiger partial charge < -0.3 is 10.6 Å². The van der Waals surface area contributed by atoms with Crippen molar-refractivity contribution in [3.63, 3.8) is 0 Å². The van der Waals surface area contributed by atoms with Gasteiger partial charge in [0.15, 0.2) is 0 Å². The van der Waals surface area contributed by atoms with Gasteiger partial charge in [-0.15, -0.1) is 0 Å². The number of unbranched alkanes of at least 4 members (excludes halogenated alkanes) is 3. The molecule has 2 N–H and O–H groups in total. The highest BCUT2D eigenvalue weighted by atomic mass is 79.9. The van der Waals surface area contributed by atoms with Crippen LogP contribution in [0.1, 0.15) is 38.2 Å². The molecule has 1 aromatic rings. The summed E-state index contributed by atoms with van der Waals surface area (Å²) in [5, 5.41) is 5.73. The largest absolute Gasteiger partial charge is 0.338 e. The molecule has 0 radical (unpaired) electrons. The molecule has 18 heavy (non-hydrogen) atoms. The van der Waals surface area contributed by atoms with Crippen molar-refractivity contribution in [2.45, 2.75) is 39.5 Å². The van der Waals surface area contributed by atoms with Gasteiger partial charge in [0.2, 0.25) is 0 Å². The fourth-order valence-electron chi connectivity index (χ4n) is 1.65. The molecule has 0 atom stereocenters. The van der Waals surface area contributed by atoms with Crippen molar-refractivity contribution in [1.29, 1.82) is 0 Å². The van der Waals surface area contributed by atoms with Crippen molar-refractivity contribution in [3.05, 3.63) is 28.2 Å². The summed E-state index contributed by atoms with van der Waals surface area (Å²) >= 11 is 3.40. The van der Waals surface area contributed by atoms with E-state index in [2.05, 4.69) is 33.5 Å². The lowest BCUT2D eigenvalue weighted by Crippen LogP contribution is -2.29. The molecule has 4 heteroatoms. The minimum atomic E-state index is -0.132. The van der Waals surface area contributed by atoms with Crippen molar-refractivity contribution in [1.82, 2.24) is 5.32 Å². The highest BCUT2D eigenvalue weighted by Gasteiger charge is 2.04. The SMILES string of the molecule is CCCCCCNC(=O)Nc1cc(Br)ccc1C. The predicted molar refractivity (Wildman–Crippen MR) is 80.0 cm³/mol. The molecular formula is C14H21BrN2O. The number of urea groups is 1. The van der Waals surface area contributed by atoms with E-state index in [9.17, 15) is 4.79 Å². The average molecular weight is 313 g/mol. The zero-order valence-electron chi connectivity index (χ0n) is 11.1. The molecule has 0 saturated heterocycles. The Labute approximate surface area is 117 Å². The Morgan fingerprint density at radius 3 is 2.78 bits per heavy atom. The van der Waals surface area contributed by atoms with Gasteiger partial charge in [-0.05, 0) is 31.0 Å². The number of halogens is 1. The number of carbonyl (C=O) groups excluding carboxylic acids is 1. The highest BCUT2D eigenvalue weighted by molar-refractivity contribution is 9.10. The molecule has 3 nitrogen and oxygen atoms in total. The normalized spacial score (nSPS) is 10.2. The molecule has 1 rings (SSSR count). The molecule has 0 saturated carbocycles. The minimum absolute atomic E-state index is 0.132. The topological polar surface area (TPSA) is 41.1 Å². The van der Waals surface area contributed by atoms with Gasteiger partial charge in [0.25, 0.3) is 0 Å². The third kappa shape index (κ3) is 5.54. The number of carbonyl (C=O) groups is 1. The van der Waals surface area contributed by atoms with Gasteiger partial charge in [-0.3, -0.25) is 0 Å². The number of amides is 2. The summed E-state index contributed by atoms with van der Waals surface area (Å²) < 4.78 is 0.964. The Bertz CT molecular complexity index is 393. The first-order chi connectivity index (χ1) is 8.63. The zero-order valence-corrected chi connectivity index (χ0v) is 12.6. The molecule has 100 valence electrons. The fourth-order valence-corrected chi connectivity index (χ4v) is 2.01. The first-order valence-corrected chi connectivity index (χ1v) is 7.23.